The first-order valence-corrected chi connectivity index (χ1v) is 6.65. The van der Waals surface area contributed by atoms with Crippen LogP contribution < -0.4 is 10.2 Å². The highest BCUT2D eigenvalue weighted by molar-refractivity contribution is 5.58. The van der Waals surface area contributed by atoms with Crippen molar-refractivity contribution < 1.29 is 10.0 Å². The fourth-order valence-corrected chi connectivity index (χ4v) is 2.34. The van der Waals surface area contributed by atoms with Crippen molar-refractivity contribution in [1.82, 2.24) is 9.97 Å². The number of nitrogens with zero attached hydrogens (tertiary/aromatic N) is 4. The highest BCUT2D eigenvalue weighted by Gasteiger charge is 2.30. The Balaban J connectivity index is 2.17. The van der Waals surface area contributed by atoms with Crippen molar-refractivity contribution in [2.24, 2.45) is 5.92 Å². The van der Waals surface area contributed by atoms with E-state index in [1.54, 1.807) is 11.9 Å². The molecule has 1 aliphatic carbocycles. The molecule has 0 aliphatic heterocycles. The smallest absolute Gasteiger partial charge is 0.329 e. The second-order valence-corrected chi connectivity index (χ2v) is 5.06. The molecule has 1 saturated carbocycles. The van der Waals surface area contributed by atoms with Crippen LogP contribution in [0.2, 0.25) is 0 Å². The van der Waals surface area contributed by atoms with Gasteiger partial charge in [-0.3, -0.25) is 10.1 Å². The van der Waals surface area contributed by atoms with Crippen LogP contribution in [0, 0.1) is 16.0 Å². The van der Waals surface area contributed by atoms with Crippen LogP contribution in [-0.2, 0) is 0 Å². The Morgan fingerprint density at radius 3 is 2.85 bits per heavy atom. The van der Waals surface area contributed by atoms with E-state index >= 15 is 0 Å². The molecule has 20 heavy (non-hydrogen) atoms. The van der Waals surface area contributed by atoms with Gasteiger partial charge in [-0.15, -0.1) is 0 Å². The Bertz CT molecular complexity index is 490. The van der Waals surface area contributed by atoms with Crippen LogP contribution in [0.25, 0.3) is 0 Å². The Morgan fingerprint density at radius 2 is 2.30 bits per heavy atom. The molecule has 0 bridgehead atoms. The third kappa shape index (κ3) is 3.13. The van der Waals surface area contributed by atoms with Gasteiger partial charge in [-0.1, -0.05) is 0 Å². The summed E-state index contributed by atoms with van der Waals surface area (Å²) in [4.78, 5) is 20.5. The van der Waals surface area contributed by atoms with Crippen molar-refractivity contribution >= 4 is 17.5 Å². The number of hydrogen-bond donors (Lipinski definition) is 2. The van der Waals surface area contributed by atoms with E-state index < -0.39 is 4.92 Å². The summed E-state index contributed by atoms with van der Waals surface area (Å²) in [7, 11) is 1.77. The predicted molar refractivity (Wildman–Crippen MR) is 74.9 cm³/mol. The maximum Gasteiger partial charge on any atom is 0.329 e. The molecule has 0 saturated heterocycles. The van der Waals surface area contributed by atoms with Crippen LogP contribution in [-0.4, -0.2) is 46.2 Å². The van der Waals surface area contributed by atoms with E-state index in [0.717, 1.165) is 12.8 Å². The average molecular weight is 281 g/mol. The molecule has 2 rings (SSSR count). The van der Waals surface area contributed by atoms with Crippen molar-refractivity contribution in [2.45, 2.75) is 25.9 Å². The SMILES string of the molecule is CCNc1ncc([N+](=O)[O-])c(N(C)CC2CC(O)C2)n1. The molecule has 2 N–H and O–H groups in total. The number of aromatic nitrogens is 2. The third-order valence-corrected chi connectivity index (χ3v) is 3.39. The average Bonchev–Trinajstić information content (AvgIpc) is 2.37. The largest absolute Gasteiger partial charge is 0.393 e. The highest BCUT2D eigenvalue weighted by atomic mass is 16.6. The fourth-order valence-electron chi connectivity index (χ4n) is 2.34. The van der Waals surface area contributed by atoms with Crippen LogP contribution in [0.4, 0.5) is 17.5 Å². The zero-order valence-electron chi connectivity index (χ0n) is 11.6. The zero-order valence-corrected chi connectivity index (χ0v) is 11.6. The minimum Gasteiger partial charge on any atom is -0.393 e. The highest BCUT2D eigenvalue weighted by Crippen LogP contribution is 2.31. The molecule has 1 aliphatic rings. The molecule has 0 unspecified atom stereocenters. The summed E-state index contributed by atoms with van der Waals surface area (Å²) in [5.74, 6) is 1.04. The van der Waals surface area contributed by atoms with Gasteiger partial charge in [0.1, 0.15) is 6.20 Å². The van der Waals surface area contributed by atoms with E-state index in [-0.39, 0.29) is 11.8 Å². The predicted octanol–water partition coefficient (Wildman–Crippen LogP) is 1.02. The van der Waals surface area contributed by atoms with Crippen molar-refractivity contribution in [3.8, 4) is 0 Å². The molecule has 1 heterocycles. The van der Waals surface area contributed by atoms with E-state index in [1.807, 2.05) is 6.92 Å². The van der Waals surface area contributed by atoms with Crippen molar-refractivity contribution in [3.05, 3.63) is 16.3 Å². The molecule has 8 nitrogen and oxygen atoms in total. The van der Waals surface area contributed by atoms with Gasteiger partial charge in [0.05, 0.1) is 11.0 Å². The monoisotopic (exact) mass is 281 g/mol. The Labute approximate surface area is 117 Å². The lowest BCUT2D eigenvalue weighted by atomic mass is 9.82. The topological polar surface area (TPSA) is 104 Å². The molecule has 0 spiro atoms. The van der Waals surface area contributed by atoms with Gasteiger partial charge in [-0.05, 0) is 25.7 Å². The summed E-state index contributed by atoms with van der Waals surface area (Å²) in [6.45, 7) is 3.19. The fraction of sp³-hybridized carbons (Fsp3) is 0.667. The van der Waals surface area contributed by atoms with Gasteiger partial charge in [0.2, 0.25) is 11.8 Å². The number of aliphatic hydroxyl groups is 1. The van der Waals surface area contributed by atoms with E-state index in [9.17, 15) is 15.2 Å². The van der Waals surface area contributed by atoms with Crippen LogP contribution in [0.3, 0.4) is 0 Å². The van der Waals surface area contributed by atoms with Crippen molar-refractivity contribution in [2.75, 3.05) is 30.4 Å². The molecular weight excluding hydrogens is 262 g/mol. The molecular formula is C12H19N5O3. The van der Waals surface area contributed by atoms with Crippen LogP contribution in [0.15, 0.2) is 6.20 Å². The number of rotatable bonds is 6. The normalized spacial score (nSPS) is 21.1. The summed E-state index contributed by atoms with van der Waals surface area (Å²) >= 11 is 0. The van der Waals surface area contributed by atoms with E-state index in [0.29, 0.717) is 30.8 Å². The molecule has 0 aromatic carbocycles. The summed E-state index contributed by atoms with van der Waals surface area (Å²) in [6.07, 6.45) is 2.48. The van der Waals surface area contributed by atoms with Gasteiger partial charge in [0.15, 0.2) is 0 Å². The van der Waals surface area contributed by atoms with Crippen LogP contribution >= 0.6 is 0 Å². The lowest BCUT2D eigenvalue weighted by Gasteiger charge is -2.34. The van der Waals surface area contributed by atoms with E-state index in [1.165, 1.54) is 6.20 Å². The first kappa shape index (κ1) is 14.4. The maximum atomic E-state index is 11.1. The molecule has 1 aromatic heterocycles. The van der Waals surface area contributed by atoms with Crippen LogP contribution in [0.5, 0.6) is 0 Å². The Hall–Kier alpha value is -1.96. The Morgan fingerprint density at radius 1 is 1.60 bits per heavy atom. The molecule has 8 heteroatoms. The van der Waals surface area contributed by atoms with E-state index in [4.69, 9.17) is 0 Å². The molecule has 0 radical (unpaired) electrons. The maximum absolute atomic E-state index is 11.1. The second kappa shape index (κ2) is 6.00. The van der Waals surface area contributed by atoms with Gasteiger partial charge in [-0.2, -0.15) is 4.98 Å². The molecule has 1 aromatic rings. The van der Waals surface area contributed by atoms with Gasteiger partial charge >= 0.3 is 5.69 Å². The van der Waals surface area contributed by atoms with Crippen LogP contribution in [0.1, 0.15) is 19.8 Å². The first-order valence-electron chi connectivity index (χ1n) is 6.65. The first-order chi connectivity index (χ1) is 9.51. The minimum atomic E-state index is -0.475. The van der Waals surface area contributed by atoms with Crippen molar-refractivity contribution in [3.63, 3.8) is 0 Å². The lowest BCUT2D eigenvalue weighted by Crippen LogP contribution is -2.37. The third-order valence-electron chi connectivity index (χ3n) is 3.39. The standard InChI is InChI=1S/C12H19N5O3/c1-3-13-12-14-6-10(17(19)20)11(15-12)16(2)7-8-4-9(18)5-8/h6,8-9,18H,3-5,7H2,1-2H3,(H,13,14,15). The lowest BCUT2D eigenvalue weighted by molar-refractivity contribution is -0.384. The van der Waals surface area contributed by atoms with Gasteiger partial charge in [0.25, 0.3) is 0 Å². The molecule has 0 amide bonds. The number of aliphatic hydroxyl groups excluding tert-OH is 1. The van der Waals surface area contributed by atoms with Gasteiger partial charge in [-0.25, -0.2) is 4.98 Å². The number of anilines is 2. The summed E-state index contributed by atoms with van der Waals surface area (Å²) in [5.41, 5.74) is -0.103. The van der Waals surface area contributed by atoms with Gasteiger partial charge < -0.3 is 15.3 Å². The number of nitro groups is 1. The zero-order chi connectivity index (χ0) is 14.7. The Kier molecular flexibility index (Phi) is 4.33. The minimum absolute atomic E-state index is 0.103. The molecule has 0 atom stereocenters. The summed E-state index contributed by atoms with van der Waals surface area (Å²) in [5, 5.41) is 23.3. The summed E-state index contributed by atoms with van der Waals surface area (Å²) < 4.78 is 0. The number of hydrogen-bond acceptors (Lipinski definition) is 7. The van der Waals surface area contributed by atoms with Crippen molar-refractivity contribution in [1.29, 1.82) is 0 Å². The second-order valence-electron chi connectivity index (χ2n) is 5.06. The molecule has 110 valence electrons. The summed E-state index contributed by atoms with van der Waals surface area (Å²) in [6, 6.07) is 0. The quantitative estimate of drug-likeness (QED) is 0.592. The van der Waals surface area contributed by atoms with E-state index in [2.05, 4.69) is 15.3 Å². The number of nitrogens with one attached hydrogen (secondary N) is 1. The van der Waals surface area contributed by atoms with Gasteiger partial charge in [0, 0.05) is 20.1 Å². The molecule has 1 fully saturated rings.